The van der Waals surface area contributed by atoms with Crippen LogP contribution in [-0.2, 0) is 4.79 Å². The summed E-state index contributed by atoms with van der Waals surface area (Å²) in [5, 5.41) is 5.86. The van der Waals surface area contributed by atoms with E-state index in [0.29, 0.717) is 46.7 Å². The quantitative estimate of drug-likeness (QED) is 0.482. The average Bonchev–Trinajstić information content (AvgIpc) is 3.02. The number of carbonyl (C=O) groups excluding carboxylic acids is 3. The number of amides is 3. The first-order valence-electron chi connectivity index (χ1n) is 11.9. The van der Waals surface area contributed by atoms with E-state index in [-0.39, 0.29) is 36.0 Å². The molecule has 0 saturated carbocycles. The summed E-state index contributed by atoms with van der Waals surface area (Å²) in [5.74, 6) is -0.810. The van der Waals surface area contributed by atoms with Crippen molar-refractivity contribution in [3.63, 3.8) is 0 Å². The Kier molecular flexibility index (Phi) is 6.88. The van der Waals surface area contributed by atoms with Gasteiger partial charge in [-0.15, -0.1) is 11.8 Å². The van der Waals surface area contributed by atoms with Crippen LogP contribution >= 0.6 is 11.8 Å². The largest absolute Gasteiger partial charge is 0.496 e. The molecular formula is C28H26FN3O4S. The molecule has 7 nitrogen and oxygen atoms in total. The van der Waals surface area contributed by atoms with Crippen LogP contribution in [0.4, 0.5) is 10.1 Å². The van der Waals surface area contributed by atoms with Crippen molar-refractivity contribution in [3.8, 4) is 16.9 Å². The lowest BCUT2D eigenvalue weighted by molar-refractivity contribution is -0.121. The highest BCUT2D eigenvalue weighted by molar-refractivity contribution is 7.98. The maximum absolute atomic E-state index is 14.4. The Morgan fingerprint density at radius 2 is 1.92 bits per heavy atom. The van der Waals surface area contributed by atoms with Gasteiger partial charge >= 0.3 is 0 Å². The number of benzene rings is 3. The van der Waals surface area contributed by atoms with Gasteiger partial charge in [0.05, 0.1) is 23.9 Å². The lowest BCUT2D eigenvalue weighted by atomic mass is 9.95. The van der Waals surface area contributed by atoms with Crippen molar-refractivity contribution in [1.82, 2.24) is 10.2 Å². The van der Waals surface area contributed by atoms with Gasteiger partial charge < -0.3 is 20.3 Å². The standard InChI is InChI=1S/C28H26FN3O4S/c1-36-25-15-18(37-2)8-9-20(25)26(33)30-17-11-12-32-24(14-17)27(34)31-23-10-7-16(13-21(23)28(32)35)19-5-3-4-6-22(19)29/h3-10,13,15,17,24H,11-12,14H2,1-2H3,(H,30,33)(H,31,34)/t17-,24-/m0/s1. The van der Waals surface area contributed by atoms with Crippen LogP contribution in [0, 0.1) is 5.82 Å². The zero-order chi connectivity index (χ0) is 26.1. The molecule has 0 aliphatic carbocycles. The number of nitrogens with zero attached hydrogens (tertiary/aromatic N) is 1. The van der Waals surface area contributed by atoms with Crippen molar-refractivity contribution in [3.05, 3.63) is 77.6 Å². The summed E-state index contributed by atoms with van der Waals surface area (Å²) in [6.07, 6.45) is 2.72. The zero-order valence-electron chi connectivity index (χ0n) is 20.4. The van der Waals surface area contributed by atoms with Crippen LogP contribution in [0.15, 0.2) is 65.6 Å². The highest BCUT2D eigenvalue weighted by Gasteiger charge is 2.40. The Labute approximate surface area is 218 Å². The van der Waals surface area contributed by atoms with Crippen LogP contribution in [0.2, 0.25) is 0 Å². The zero-order valence-corrected chi connectivity index (χ0v) is 21.2. The number of thioether (sulfide) groups is 1. The summed E-state index contributed by atoms with van der Waals surface area (Å²) in [6, 6.07) is 15.7. The van der Waals surface area contributed by atoms with Gasteiger partial charge in [0.1, 0.15) is 17.6 Å². The Morgan fingerprint density at radius 3 is 2.68 bits per heavy atom. The molecule has 3 aromatic carbocycles. The first-order valence-corrected chi connectivity index (χ1v) is 13.2. The lowest BCUT2D eigenvalue weighted by Crippen LogP contribution is -2.55. The topological polar surface area (TPSA) is 87.7 Å². The molecule has 0 unspecified atom stereocenters. The van der Waals surface area contributed by atoms with Gasteiger partial charge in [-0.2, -0.15) is 0 Å². The molecule has 0 aromatic heterocycles. The minimum atomic E-state index is -0.739. The fourth-order valence-electron chi connectivity index (χ4n) is 4.90. The van der Waals surface area contributed by atoms with Crippen molar-refractivity contribution >= 4 is 35.2 Å². The average molecular weight is 520 g/mol. The summed E-state index contributed by atoms with van der Waals surface area (Å²) < 4.78 is 19.8. The fraction of sp³-hybridized carbons (Fsp3) is 0.250. The number of carbonyl (C=O) groups is 3. The Balaban J connectivity index is 1.35. The van der Waals surface area contributed by atoms with E-state index in [1.807, 2.05) is 18.4 Å². The molecule has 2 N–H and O–H groups in total. The number of rotatable bonds is 5. The summed E-state index contributed by atoms with van der Waals surface area (Å²) in [5.41, 5.74) is 2.06. The molecule has 0 spiro atoms. The van der Waals surface area contributed by atoms with Crippen LogP contribution in [-0.4, -0.2) is 54.6 Å². The molecule has 9 heteroatoms. The number of hydrogen-bond donors (Lipinski definition) is 2. The highest BCUT2D eigenvalue weighted by atomic mass is 32.2. The molecule has 3 aromatic rings. The third-order valence-electron chi connectivity index (χ3n) is 6.85. The summed E-state index contributed by atoms with van der Waals surface area (Å²) in [6.45, 7) is 0.299. The van der Waals surface area contributed by atoms with Crippen molar-refractivity contribution in [1.29, 1.82) is 0 Å². The maximum atomic E-state index is 14.4. The number of nitrogens with one attached hydrogen (secondary N) is 2. The van der Waals surface area contributed by atoms with Gasteiger partial charge in [-0.25, -0.2) is 4.39 Å². The molecule has 190 valence electrons. The predicted octanol–water partition coefficient (Wildman–Crippen LogP) is 4.58. The maximum Gasteiger partial charge on any atom is 0.256 e. The minimum absolute atomic E-state index is 0.280. The molecule has 0 bridgehead atoms. The second-order valence-corrected chi connectivity index (χ2v) is 9.88. The van der Waals surface area contributed by atoms with E-state index in [9.17, 15) is 18.8 Å². The van der Waals surface area contributed by atoms with Gasteiger partial charge in [0.15, 0.2) is 0 Å². The van der Waals surface area contributed by atoms with Gasteiger partial charge in [0.25, 0.3) is 11.8 Å². The third kappa shape index (κ3) is 4.79. The molecule has 2 atom stereocenters. The van der Waals surface area contributed by atoms with Gasteiger partial charge in [0, 0.05) is 23.0 Å². The molecule has 1 fully saturated rings. The number of halogens is 1. The smallest absolute Gasteiger partial charge is 0.256 e. The van der Waals surface area contributed by atoms with Crippen molar-refractivity contribution in [2.45, 2.75) is 29.8 Å². The third-order valence-corrected chi connectivity index (χ3v) is 7.57. The first kappa shape index (κ1) is 24.8. The van der Waals surface area contributed by atoms with E-state index in [1.165, 1.54) is 13.2 Å². The second kappa shape index (κ2) is 10.3. The van der Waals surface area contributed by atoms with Gasteiger partial charge in [-0.3, -0.25) is 14.4 Å². The first-order chi connectivity index (χ1) is 17.9. The van der Waals surface area contributed by atoms with Crippen molar-refractivity contribution < 1.29 is 23.5 Å². The fourth-order valence-corrected chi connectivity index (χ4v) is 5.33. The summed E-state index contributed by atoms with van der Waals surface area (Å²) in [7, 11) is 1.52. The van der Waals surface area contributed by atoms with Gasteiger partial charge in [-0.1, -0.05) is 24.3 Å². The number of fused-ring (bicyclic) bond motifs is 2. The second-order valence-electron chi connectivity index (χ2n) is 9.00. The molecule has 2 heterocycles. The molecule has 5 rings (SSSR count). The van der Waals surface area contributed by atoms with E-state index < -0.39 is 6.04 Å². The van der Waals surface area contributed by atoms with Crippen molar-refractivity contribution in [2.24, 2.45) is 0 Å². The lowest BCUT2D eigenvalue weighted by Gasteiger charge is -2.37. The molecule has 0 radical (unpaired) electrons. The van der Waals surface area contributed by atoms with E-state index in [4.69, 9.17) is 4.74 Å². The predicted molar refractivity (Wildman–Crippen MR) is 141 cm³/mol. The number of ether oxygens (including phenoxy) is 1. The van der Waals surface area contributed by atoms with E-state index >= 15 is 0 Å². The summed E-state index contributed by atoms with van der Waals surface area (Å²) in [4.78, 5) is 42.2. The number of hydrogen-bond acceptors (Lipinski definition) is 5. The Bertz CT molecular complexity index is 1400. The van der Waals surface area contributed by atoms with E-state index in [1.54, 1.807) is 59.1 Å². The van der Waals surface area contributed by atoms with Crippen LogP contribution in [0.3, 0.4) is 0 Å². The van der Waals surface area contributed by atoms with E-state index in [0.717, 1.165) is 4.90 Å². The molecule has 3 amide bonds. The number of anilines is 1. The monoisotopic (exact) mass is 519 g/mol. The van der Waals surface area contributed by atoms with Gasteiger partial charge in [-0.05, 0) is 61.1 Å². The molecular weight excluding hydrogens is 493 g/mol. The van der Waals surface area contributed by atoms with Crippen molar-refractivity contribution in [2.75, 3.05) is 25.2 Å². The molecule has 2 aliphatic rings. The SMILES string of the molecule is COc1cc(SC)ccc1C(=O)N[C@H]1CCN2C(=O)c3cc(-c4ccccc4F)ccc3NC(=O)[C@@H]2C1. The van der Waals surface area contributed by atoms with Crippen LogP contribution in [0.5, 0.6) is 5.75 Å². The van der Waals surface area contributed by atoms with Gasteiger partial charge in [0.2, 0.25) is 5.91 Å². The molecule has 37 heavy (non-hydrogen) atoms. The van der Waals surface area contributed by atoms with Crippen LogP contribution < -0.4 is 15.4 Å². The molecule has 1 saturated heterocycles. The Hall–Kier alpha value is -3.85. The molecule has 2 aliphatic heterocycles. The Morgan fingerprint density at radius 1 is 1.11 bits per heavy atom. The summed E-state index contributed by atoms with van der Waals surface area (Å²) >= 11 is 1.55. The normalized spacial score (nSPS) is 18.8. The minimum Gasteiger partial charge on any atom is -0.496 e. The number of piperidine rings is 1. The van der Waals surface area contributed by atoms with Crippen LogP contribution in [0.1, 0.15) is 33.6 Å². The van der Waals surface area contributed by atoms with Crippen LogP contribution in [0.25, 0.3) is 11.1 Å². The van der Waals surface area contributed by atoms with E-state index in [2.05, 4.69) is 10.6 Å². The number of methoxy groups -OCH3 is 1. The highest BCUT2D eigenvalue weighted by Crippen LogP contribution is 2.33.